The van der Waals surface area contributed by atoms with Crippen molar-refractivity contribution in [2.75, 3.05) is 17.5 Å². The number of halogens is 2. The maximum Gasteiger partial charge on any atom is 0.154 e. The predicted octanol–water partition coefficient (Wildman–Crippen LogP) is 2.69. The first-order valence-electron chi connectivity index (χ1n) is 3.70. The highest BCUT2D eigenvalue weighted by molar-refractivity contribution is 8.14. The van der Waals surface area contributed by atoms with E-state index in [9.17, 15) is 0 Å². The monoisotopic (exact) mass is 227 g/mol. The molecular weight excluding hydrogens is 217 g/mol. The predicted molar refractivity (Wildman–Crippen MR) is 55.4 cm³/mol. The SMILES string of the molecule is CC1(CCl)CC(SCCCl)=NO1. The molecule has 1 aliphatic heterocycles. The highest BCUT2D eigenvalue weighted by Crippen LogP contribution is 2.29. The smallest absolute Gasteiger partial charge is 0.154 e. The molecule has 1 atom stereocenters. The lowest BCUT2D eigenvalue weighted by Gasteiger charge is -2.16. The first kappa shape index (κ1) is 10.5. The van der Waals surface area contributed by atoms with Crippen molar-refractivity contribution < 1.29 is 4.84 Å². The van der Waals surface area contributed by atoms with E-state index in [4.69, 9.17) is 28.0 Å². The second kappa shape index (κ2) is 4.58. The molecule has 70 valence electrons. The third-order valence-electron chi connectivity index (χ3n) is 1.52. The lowest BCUT2D eigenvalue weighted by molar-refractivity contribution is 0.0152. The van der Waals surface area contributed by atoms with Gasteiger partial charge in [-0.25, -0.2) is 0 Å². The Morgan fingerprint density at radius 2 is 2.42 bits per heavy atom. The maximum atomic E-state index is 5.71. The van der Waals surface area contributed by atoms with Gasteiger partial charge in [0.1, 0.15) is 5.04 Å². The van der Waals surface area contributed by atoms with Gasteiger partial charge in [0.15, 0.2) is 5.60 Å². The largest absolute Gasteiger partial charge is 0.387 e. The Morgan fingerprint density at radius 1 is 1.67 bits per heavy atom. The molecule has 1 rings (SSSR count). The Bertz CT molecular complexity index is 188. The summed E-state index contributed by atoms with van der Waals surface area (Å²) in [6.07, 6.45) is 0.804. The molecule has 1 heterocycles. The average Bonchev–Trinajstić information content (AvgIpc) is 2.45. The second-order valence-corrected chi connectivity index (χ2v) is 4.69. The normalized spacial score (nSPS) is 28.4. The van der Waals surface area contributed by atoms with E-state index in [0.29, 0.717) is 11.8 Å². The second-order valence-electron chi connectivity index (χ2n) is 2.87. The third-order valence-corrected chi connectivity index (χ3v) is 3.46. The fourth-order valence-corrected chi connectivity index (χ4v) is 2.04. The average molecular weight is 228 g/mol. The van der Waals surface area contributed by atoms with Crippen LogP contribution in [0.3, 0.4) is 0 Å². The minimum atomic E-state index is -0.295. The maximum absolute atomic E-state index is 5.71. The van der Waals surface area contributed by atoms with Crippen LogP contribution in [0.25, 0.3) is 0 Å². The van der Waals surface area contributed by atoms with Crippen molar-refractivity contribution in [2.24, 2.45) is 5.16 Å². The molecule has 5 heteroatoms. The molecule has 0 spiro atoms. The van der Waals surface area contributed by atoms with Crippen LogP contribution in [0.2, 0.25) is 0 Å². The molecule has 0 radical (unpaired) electrons. The van der Waals surface area contributed by atoms with E-state index in [-0.39, 0.29) is 5.60 Å². The number of nitrogens with zero attached hydrogens (tertiary/aromatic N) is 1. The van der Waals surface area contributed by atoms with Crippen molar-refractivity contribution in [3.05, 3.63) is 0 Å². The van der Waals surface area contributed by atoms with Crippen molar-refractivity contribution in [3.63, 3.8) is 0 Å². The Kier molecular flexibility index (Phi) is 4.00. The number of oxime groups is 1. The fraction of sp³-hybridized carbons (Fsp3) is 0.857. The first-order valence-corrected chi connectivity index (χ1v) is 5.75. The summed E-state index contributed by atoms with van der Waals surface area (Å²) in [4.78, 5) is 5.19. The van der Waals surface area contributed by atoms with E-state index in [0.717, 1.165) is 17.2 Å². The molecule has 1 aliphatic rings. The standard InChI is InChI=1S/C7H11Cl2NOS/c1-7(5-9)4-6(10-11-7)12-3-2-8/h2-5H2,1H3. The fourth-order valence-electron chi connectivity index (χ4n) is 0.851. The summed E-state index contributed by atoms with van der Waals surface area (Å²) in [5.41, 5.74) is -0.295. The molecule has 0 aromatic heterocycles. The molecule has 0 saturated carbocycles. The van der Waals surface area contributed by atoms with Gasteiger partial charge in [-0.2, -0.15) is 0 Å². The van der Waals surface area contributed by atoms with Gasteiger partial charge in [0.2, 0.25) is 0 Å². The summed E-state index contributed by atoms with van der Waals surface area (Å²) < 4.78 is 0. The molecule has 2 nitrogen and oxygen atoms in total. The minimum Gasteiger partial charge on any atom is -0.387 e. The number of hydrogen-bond donors (Lipinski definition) is 0. The first-order chi connectivity index (χ1) is 5.70. The quantitative estimate of drug-likeness (QED) is 0.692. The van der Waals surface area contributed by atoms with Crippen LogP contribution in [0, 0.1) is 0 Å². The Balaban J connectivity index is 2.32. The summed E-state index contributed by atoms with van der Waals surface area (Å²) >= 11 is 12.9. The topological polar surface area (TPSA) is 21.6 Å². The minimum absolute atomic E-state index is 0.295. The highest BCUT2D eigenvalue weighted by atomic mass is 35.5. The molecule has 0 amide bonds. The summed E-state index contributed by atoms with van der Waals surface area (Å²) in [5.74, 6) is 1.99. The molecule has 0 aromatic rings. The molecule has 1 unspecified atom stereocenters. The van der Waals surface area contributed by atoms with Crippen LogP contribution in [0.1, 0.15) is 13.3 Å². The lowest BCUT2D eigenvalue weighted by Crippen LogP contribution is -2.26. The van der Waals surface area contributed by atoms with Gasteiger partial charge in [0.25, 0.3) is 0 Å². The highest BCUT2D eigenvalue weighted by Gasteiger charge is 2.33. The van der Waals surface area contributed by atoms with Crippen LogP contribution < -0.4 is 0 Å². The molecule has 0 N–H and O–H groups in total. The van der Waals surface area contributed by atoms with E-state index in [1.54, 1.807) is 11.8 Å². The lowest BCUT2D eigenvalue weighted by atomic mass is 10.1. The van der Waals surface area contributed by atoms with E-state index >= 15 is 0 Å². The van der Waals surface area contributed by atoms with Crippen LogP contribution in [-0.4, -0.2) is 28.2 Å². The van der Waals surface area contributed by atoms with E-state index in [1.807, 2.05) is 6.92 Å². The van der Waals surface area contributed by atoms with E-state index < -0.39 is 0 Å². The van der Waals surface area contributed by atoms with Crippen molar-refractivity contribution >= 4 is 40.0 Å². The van der Waals surface area contributed by atoms with Crippen LogP contribution in [0.15, 0.2) is 5.16 Å². The van der Waals surface area contributed by atoms with Gasteiger partial charge in [-0.1, -0.05) is 5.16 Å². The van der Waals surface area contributed by atoms with Gasteiger partial charge in [0.05, 0.1) is 5.88 Å². The zero-order chi connectivity index (χ0) is 9.03. The van der Waals surface area contributed by atoms with Crippen molar-refractivity contribution in [2.45, 2.75) is 18.9 Å². The molecule has 12 heavy (non-hydrogen) atoms. The molecular formula is C7H11Cl2NOS. The van der Waals surface area contributed by atoms with Crippen LogP contribution in [0.4, 0.5) is 0 Å². The summed E-state index contributed by atoms with van der Waals surface area (Å²) in [6.45, 7) is 1.96. The number of alkyl halides is 2. The van der Waals surface area contributed by atoms with Gasteiger partial charge in [-0.3, -0.25) is 0 Å². The molecule has 0 aromatic carbocycles. The van der Waals surface area contributed by atoms with Gasteiger partial charge in [0, 0.05) is 18.1 Å². The van der Waals surface area contributed by atoms with Crippen molar-refractivity contribution in [3.8, 4) is 0 Å². The summed E-state index contributed by atoms with van der Waals surface area (Å²) in [6, 6.07) is 0. The summed E-state index contributed by atoms with van der Waals surface area (Å²) in [5, 5.41) is 4.93. The van der Waals surface area contributed by atoms with Crippen LogP contribution in [-0.2, 0) is 4.84 Å². The molecule has 0 saturated heterocycles. The van der Waals surface area contributed by atoms with Crippen molar-refractivity contribution in [1.29, 1.82) is 0 Å². The molecule has 0 bridgehead atoms. The molecule has 0 fully saturated rings. The van der Waals surface area contributed by atoms with Crippen LogP contribution >= 0.6 is 35.0 Å². The zero-order valence-corrected chi connectivity index (χ0v) is 9.18. The number of thioether (sulfide) groups is 1. The van der Waals surface area contributed by atoms with Gasteiger partial charge >= 0.3 is 0 Å². The van der Waals surface area contributed by atoms with Gasteiger partial charge in [-0.15, -0.1) is 35.0 Å². The number of rotatable bonds is 3. The van der Waals surface area contributed by atoms with E-state index in [2.05, 4.69) is 5.16 Å². The van der Waals surface area contributed by atoms with E-state index in [1.165, 1.54) is 0 Å². The van der Waals surface area contributed by atoms with Crippen LogP contribution in [0.5, 0.6) is 0 Å². The Labute approximate surface area is 86.6 Å². The van der Waals surface area contributed by atoms with Gasteiger partial charge in [-0.05, 0) is 6.92 Å². The molecule has 0 aliphatic carbocycles. The van der Waals surface area contributed by atoms with Crippen molar-refractivity contribution in [1.82, 2.24) is 0 Å². The zero-order valence-electron chi connectivity index (χ0n) is 6.85. The summed E-state index contributed by atoms with van der Waals surface area (Å²) in [7, 11) is 0. The Morgan fingerprint density at radius 3 is 2.92 bits per heavy atom. The Hall–Kier alpha value is 0.400. The number of hydrogen-bond acceptors (Lipinski definition) is 3. The van der Waals surface area contributed by atoms with Gasteiger partial charge < -0.3 is 4.84 Å². The third kappa shape index (κ3) is 2.71.